The van der Waals surface area contributed by atoms with Crippen molar-refractivity contribution in [2.24, 2.45) is 0 Å². The van der Waals surface area contributed by atoms with Gasteiger partial charge < -0.3 is 0 Å². The largest absolute Gasteiger partial charge is 0.294 e. The fraction of sp³-hybridized carbons (Fsp3) is 0.250. The molecule has 0 radical (unpaired) electrons. The van der Waals surface area contributed by atoms with E-state index in [-0.39, 0.29) is 11.6 Å². The van der Waals surface area contributed by atoms with Gasteiger partial charge in [0, 0.05) is 53.9 Å². The standard InChI is InChI=1S/C24H22O2S2/c1-15-23(17-9-3-7-13-21(17)27-15)19(25)11-5-6-12-20(26)24-16(2)28-22-14-8-4-10-18(22)24/h3-4,7-10,13-14H,5-6,11-12H2,1-2H3. The van der Waals surface area contributed by atoms with Crippen molar-refractivity contribution in [1.82, 2.24) is 0 Å². The number of hydrogen-bond acceptors (Lipinski definition) is 4. The van der Waals surface area contributed by atoms with E-state index in [4.69, 9.17) is 0 Å². The number of carbonyl (C=O) groups excluding carboxylic acids is 2. The summed E-state index contributed by atoms with van der Waals surface area (Å²) >= 11 is 3.36. The molecule has 0 fully saturated rings. The lowest BCUT2D eigenvalue weighted by Gasteiger charge is -2.04. The van der Waals surface area contributed by atoms with Crippen molar-refractivity contribution in [3.8, 4) is 0 Å². The number of carbonyl (C=O) groups is 2. The van der Waals surface area contributed by atoms with E-state index in [9.17, 15) is 9.59 Å². The molecule has 0 saturated heterocycles. The highest BCUT2D eigenvalue weighted by molar-refractivity contribution is 7.19. The van der Waals surface area contributed by atoms with E-state index in [0.717, 1.165) is 44.5 Å². The van der Waals surface area contributed by atoms with Crippen molar-refractivity contribution in [3.05, 3.63) is 69.4 Å². The first-order chi connectivity index (χ1) is 13.6. The Balaban J connectivity index is 1.39. The minimum atomic E-state index is 0.194. The third-order valence-electron chi connectivity index (χ3n) is 5.16. The number of unbranched alkanes of at least 4 members (excludes halogenated alkanes) is 1. The second-order valence-corrected chi connectivity index (χ2v) is 9.62. The van der Waals surface area contributed by atoms with Crippen LogP contribution in [0.25, 0.3) is 20.2 Å². The van der Waals surface area contributed by atoms with Crippen molar-refractivity contribution < 1.29 is 9.59 Å². The molecular formula is C24H22O2S2. The van der Waals surface area contributed by atoms with Crippen LogP contribution in [0.2, 0.25) is 0 Å². The fourth-order valence-corrected chi connectivity index (χ4v) is 6.01. The van der Waals surface area contributed by atoms with Gasteiger partial charge >= 0.3 is 0 Å². The van der Waals surface area contributed by atoms with Crippen molar-refractivity contribution >= 4 is 54.4 Å². The van der Waals surface area contributed by atoms with Gasteiger partial charge in [-0.25, -0.2) is 0 Å². The summed E-state index contributed by atoms with van der Waals surface area (Å²) in [6, 6.07) is 16.2. The molecule has 2 aromatic heterocycles. The molecule has 0 spiro atoms. The van der Waals surface area contributed by atoms with Gasteiger partial charge in [-0.3, -0.25) is 9.59 Å². The highest BCUT2D eigenvalue weighted by Crippen LogP contribution is 2.33. The van der Waals surface area contributed by atoms with E-state index < -0.39 is 0 Å². The van der Waals surface area contributed by atoms with E-state index in [1.165, 1.54) is 9.40 Å². The predicted octanol–water partition coefficient (Wildman–Crippen LogP) is 7.36. The number of aryl methyl sites for hydroxylation is 2. The topological polar surface area (TPSA) is 34.1 Å². The molecule has 0 bridgehead atoms. The molecule has 2 aromatic carbocycles. The van der Waals surface area contributed by atoms with Gasteiger partial charge in [-0.2, -0.15) is 0 Å². The zero-order valence-corrected chi connectivity index (χ0v) is 17.7. The molecular weight excluding hydrogens is 384 g/mol. The highest BCUT2D eigenvalue weighted by Gasteiger charge is 2.18. The Morgan fingerprint density at radius 3 is 1.50 bits per heavy atom. The number of rotatable bonds is 7. The number of hydrogen-bond donors (Lipinski definition) is 0. The maximum atomic E-state index is 12.8. The molecule has 0 aliphatic heterocycles. The van der Waals surface area contributed by atoms with Crippen molar-refractivity contribution in [2.45, 2.75) is 39.5 Å². The second-order valence-electron chi connectivity index (χ2n) is 7.11. The van der Waals surface area contributed by atoms with E-state index in [2.05, 4.69) is 12.1 Å². The summed E-state index contributed by atoms with van der Waals surface area (Å²) in [5.74, 6) is 0.388. The minimum Gasteiger partial charge on any atom is -0.294 e. The molecule has 0 aliphatic carbocycles. The summed E-state index contributed by atoms with van der Waals surface area (Å²) < 4.78 is 2.33. The molecule has 4 heteroatoms. The van der Waals surface area contributed by atoms with Crippen LogP contribution in [0.5, 0.6) is 0 Å². The third-order valence-corrected chi connectivity index (χ3v) is 7.33. The normalized spacial score (nSPS) is 11.4. The number of Topliss-reactive ketones (excluding diaryl/α,β-unsaturated/α-hetero) is 2. The monoisotopic (exact) mass is 406 g/mol. The van der Waals surface area contributed by atoms with Crippen LogP contribution in [0.1, 0.15) is 56.2 Å². The first-order valence-corrected chi connectivity index (χ1v) is 11.2. The first-order valence-electron chi connectivity index (χ1n) is 9.59. The predicted molar refractivity (Wildman–Crippen MR) is 120 cm³/mol. The summed E-state index contributed by atoms with van der Waals surface area (Å²) in [4.78, 5) is 27.7. The van der Waals surface area contributed by atoms with E-state index >= 15 is 0 Å². The fourth-order valence-electron chi connectivity index (χ4n) is 3.85. The maximum Gasteiger partial charge on any atom is 0.164 e. The number of ketones is 2. The van der Waals surface area contributed by atoms with Gasteiger partial charge in [0.25, 0.3) is 0 Å². The third kappa shape index (κ3) is 3.54. The van der Waals surface area contributed by atoms with Gasteiger partial charge in [-0.15, -0.1) is 22.7 Å². The maximum absolute atomic E-state index is 12.8. The van der Waals surface area contributed by atoms with Crippen LogP contribution in [-0.2, 0) is 0 Å². The Labute approximate surface area is 172 Å². The summed E-state index contributed by atoms with van der Waals surface area (Å²) in [5, 5.41) is 2.12. The average molecular weight is 407 g/mol. The SMILES string of the molecule is Cc1sc2ccccc2c1C(=O)CCCCC(=O)c1c(C)sc2ccccc12. The smallest absolute Gasteiger partial charge is 0.164 e. The van der Waals surface area contributed by atoms with Gasteiger partial charge in [0.1, 0.15) is 0 Å². The molecule has 4 rings (SSSR count). The summed E-state index contributed by atoms with van der Waals surface area (Å²) in [6.45, 7) is 4.04. The molecule has 2 heterocycles. The molecule has 28 heavy (non-hydrogen) atoms. The quantitative estimate of drug-likeness (QED) is 0.237. The Bertz CT molecular complexity index is 1090. The molecule has 0 unspecified atom stereocenters. The molecule has 0 amide bonds. The molecule has 0 saturated carbocycles. The number of fused-ring (bicyclic) bond motifs is 2. The summed E-state index contributed by atoms with van der Waals surface area (Å²) in [7, 11) is 0. The molecule has 2 nitrogen and oxygen atoms in total. The molecule has 4 aromatic rings. The molecule has 0 atom stereocenters. The zero-order chi connectivity index (χ0) is 19.7. The Hall–Kier alpha value is -2.30. The lowest BCUT2D eigenvalue weighted by atomic mass is 9.99. The minimum absolute atomic E-state index is 0.194. The van der Waals surface area contributed by atoms with Crippen LogP contribution in [-0.4, -0.2) is 11.6 Å². The Kier molecular flexibility index (Phi) is 5.42. The van der Waals surface area contributed by atoms with Gasteiger partial charge in [0.15, 0.2) is 11.6 Å². The number of benzene rings is 2. The van der Waals surface area contributed by atoms with Crippen molar-refractivity contribution in [3.63, 3.8) is 0 Å². The number of thiophene rings is 2. The van der Waals surface area contributed by atoms with E-state index in [1.807, 2.05) is 50.2 Å². The van der Waals surface area contributed by atoms with Crippen LogP contribution in [0.15, 0.2) is 48.5 Å². The van der Waals surface area contributed by atoms with Crippen molar-refractivity contribution in [2.75, 3.05) is 0 Å². The van der Waals surface area contributed by atoms with Crippen LogP contribution < -0.4 is 0 Å². The highest BCUT2D eigenvalue weighted by atomic mass is 32.1. The van der Waals surface area contributed by atoms with Gasteiger partial charge in [0.2, 0.25) is 0 Å². The average Bonchev–Trinajstić information content (AvgIpc) is 3.20. The molecule has 0 N–H and O–H groups in total. The van der Waals surface area contributed by atoms with Crippen LogP contribution in [0, 0.1) is 13.8 Å². The van der Waals surface area contributed by atoms with E-state index in [0.29, 0.717) is 12.8 Å². The van der Waals surface area contributed by atoms with Gasteiger partial charge in [-0.05, 0) is 38.8 Å². The zero-order valence-electron chi connectivity index (χ0n) is 16.1. The van der Waals surface area contributed by atoms with Crippen LogP contribution in [0.3, 0.4) is 0 Å². The van der Waals surface area contributed by atoms with E-state index in [1.54, 1.807) is 22.7 Å². The van der Waals surface area contributed by atoms with Crippen molar-refractivity contribution in [1.29, 1.82) is 0 Å². The molecule has 142 valence electrons. The second kappa shape index (κ2) is 7.98. The van der Waals surface area contributed by atoms with Gasteiger partial charge in [0.05, 0.1) is 0 Å². The Morgan fingerprint density at radius 2 is 1.07 bits per heavy atom. The first kappa shape index (κ1) is 19.0. The van der Waals surface area contributed by atoms with Crippen LogP contribution in [0.4, 0.5) is 0 Å². The van der Waals surface area contributed by atoms with Crippen LogP contribution >= 0.6 is 22.7 Å². The lowest BCUT2D eigenvalue weighted by molar-refractivity contribution is 0.0956. The Morgan fingerprint density at radius 1 is 0.679 bits per heavy atom. The summed E-state index contributed by atoms with van der Waals surface area (Å²) in [5.41, 5.74) is 1.73. The molecule has 0 aliphatic rings. The summed E-state index contributed by atoms with van der Waals surface area (Å²) in [6.07, 6.45) is 2.49. The lowest BCUT2D eigenvalue weighted by Crippen LogP contribution is -2.03. The van der Waals surface area contributed by atoms with Gasteiger partial charge in [-0.1, -0.05) is 36.4 Å².